The maximum absolute atomic E-state index is 13.8. The zero-order valence-corrected chi connectivity index (χ0v) is 25.4. The molecule has 2 amide bonds. The number of methoxy groups -OCH3 is 1. The molecule has 1 atom stereocenters. The first-order chi connectivity index (χ1) is 20.8. The number of carbonyl (C=O) groups excluding carboxylic acids is 3. The highest BCUT2D eigenvalue weighted by molar-refractivity contribution is 8.00. The molecule has 1 aliphatic carbocycles. The van der Waals surface area contributed by atoms with Gasteiger partial charge in [0.15, 0.2) is 11.0 Å². The second kappa shape index (κ2) is 13.4. The van der Waals surface area contributed by atoms with Crippen LogP contribution in [0.2, 0.25) is 0 Å². The average Bonchev–Trinajstić information content (AvgIpc) is 3.71. The lowest BCUT2D eigenvalue weighted by molar-refractivity contribution is -0.115. The van der Waals surface area contributed by atoms with Gasteiger partial charge in [0.25, 0.3) is 5.91 Å². The van der Waals surface area contributed by atoms with Gasteiger partial charge >= 0.3 is 5.97 Å². The molecule has 0 radical (unpaired) electrons. The predicted octanol–water partition coefficient (Wildman–Crippen LogP) is 5.19. The van der Waals surface area contributed by atoms with Crippen LogP contribution in [0.3, 0.4) is 0 Å². The molecule has 13 heteroatoms. The molecule has 2 aromatic heterocycles. The van der Waals surface area contributed by atoms with Gasteiger partial charge in [-0.05, 0) is 81.1 Å². The van der Waals surface area contributed by atoms with E-state index in [2.05, 4.69) is 20.8 Å². The van der Waals surface area contributed by atoms with E-state index in [0.29, 0.717) is 38.5 Å². The Labute approximate surface area is 256 Å². The number of ether oxygens (including phenoxy) is 2. The Morgan fingerprint density at radius 1 is 1.14 bits per heavy atom. The standard InChI is InChI=1S/C30H30FN5O5S2/c1-4-41-29(39)25-22-9-6-10-23(22)43-28(25)33-26(37)17(2)42-30-35-34-24(36(30)20-13-11-19(31)12-14-20)16-32-27(38)18-7-5-8-21(15-18)40-3/h5,7-8,11-15,17H,4,6,9-10,16H2,1-3H3,(H,32,38)(H,33,37)/t17-/m0/s1. The third-order valence-corrected chi connectivity index (χ3v) is 9.06. The number of carbonyl (C=O) groups is 3. The molecule has 0 saturated heterocycles. The minimum absolute atomic E-state index is 0.0191. The van der Waals surface area contributed by atoms with E-state index >= 15 is 0 Å². The van der Waals surface area contributed by atoms with E-state index in [1.807, 2.05) is 0 Å². The summed E-state index contributed by atoms with van der Waals surface area (Å²) in [7, 11) is 1.52. The highest BCUT2D eigenvalue weighted by Crippen LogP contribution is 2.40. The number of nitrogens with one attached hydrogen (secondary N) is 2. The van der Waals surface area contributed by atoms with Crippen molar-refractivity contribution in [2.45, 2.75) is 50.1 Å². The van der Waals surface area contributed by atoms with Crippen molar-refractivity contribution in [3.63, 3.8) is 0 Å². The molecule has 2 aromatic carbocycles. The number of nitrogens with zero attached hydrogens (tertiary/aromatic N) is 3. The molecule has 2 N–H and O–H groups in total. The number of hydrogen-bond acceptors (Lipinski definition) is 9. The van der Waals surface area contributed by atoms with Crippen molar-refractivity contribution >= 4 is 45.9 Å². The number of esters is 1. The van der Waals surface area contributed by atoms with Gasteiger partial charge < -0.3 is 20.1 Å². The molecule has 43 heavy (non-hydrogen) atoms. The summed E-state index contributed by atoms with van der Waals surface area (Å²) in [4.78, 5) is 40.0. The summed E-state index contributed by atoms with van der Waals surface area (Å²) in [6.45, 7) is 3.73. The first-order valence-electron chi connectivity index (χ1n) is 13.7. The minimum Gasteiger partial charge on any atom is -0.497 e. The van der Waals surface area contributed by atoms with Crippen molar-refractivity contribution in [1.82, 2.24) is 20.1 Å². The molecule has 1 aliphatic rings. The lowest BCUT2D eigenvalue weighted by Crippen LogP contribution is -2.25. The summed E-state index contributed by atoms with van der Waals surface area (Å²) in [6.07, 6.45) is 2.61. The SMILES string of the molecule is CCOC(=O)c1c(NC(=O)[C@H](C)Sc2nnc(CNC(=O)c3cccc(OC)c3)n2-c2ccc(F)cc2)sc2c1CCC2. The van der Waals surface area contributed by atoms with Crippen LogP contribution in [0, 0.1) is 5.82 Å². The number of thiophene rings is 1. The predicted molar refractivity (Wildman–Crippen MR) is 162 cm³/mol. The van der Waals surface area contributed by atoms with Crippen LogP contribution < -0.4 is 15.4 Å². The number of fused-ring (bicyclic) bond motifs is 1. The summed E-state index contributed by atoms with van der Waals surface area (Å²) in [5.41, 5.74) is 2.37. The van der Waals surface area contributed by atoms with Crippen LogP contribution in [0.4, 0.5) is 9.39 Å². The normalized spacial score (nSPS) is 12.8. The quantitative estimate of drug-likeness (QED) is 0.173. The summed E-state index contributed by atoms with van der Waals surface area (Å²) >= 11 is 2.56. The monoisotopic (exact) mass is 623 g/mol. The fourth-order valence-electron chi connectivity index (χ4n) is 4.70. The van der Waals surface area contributed by atoms with Gasteiger partial charge in [0.1, 0.15) is 16.6 Å². The number of aromatic nitrogens is 3. The molecule has 5 rings (SSSR count). The topological polar surface area (TPSA) is 124 Å². The van der Waals surface area contributed by atoms with E-state index in [0.717, 1.165) is 41.5 Å². The first kappa shape index (κ1) is 30.2. The molecule has 0 aliphatic heterocycles. The van der Waals surface area contributed by atoms with Crippen molar-refractivity contribution in [1.29, 1.82) is 0 Å². The van der Waals surface area contributed by atoms with Gasteiger partial charge in [-0.3, -0.25) is 14.2 Å². The molecular weight excluding hydrogens is 593 g/mol. The molecule has 2 heterocycles. The molecule has 10 nitrogen and oxygen atoms in total. The second-order valence-electron chi connectivity index (χ2n) is 9.66. The fourth-order valence-corrected chi connectivity index (χ4v) is 6.87. The molecule has 0 bridgehead atoms. The van der Waals surface area contributed by atoms with Crippen LogP contribution in [0.1, 0.15) is 57.2 Å². The Morgan fingerprint density at radius 3 is 2.67 bits per heavy atom. The molecule has 0 fully saturated rings. The Hall–Kier alpha value is -4.23. The average molecular weight is 624 g/mol. The van der Waals surface area contributed by atoms with Crippen LogP contribution >= 0.6 is 23.1 Å². The Balaban J connectivity index is 1.35. The third-order valence-electron chi connectivity index (χ3n) is 6.81. The number of thioether (sulfide) groups is 1. The number of amides is 2. The highest BCUT2D eigenvalue weighted by Gasteiger charge is 2.30. The first-order valence-corrected chi connectivity index (χ1v) is 15.4. The smallest absolute Gasteiger partial charge is 0.341 e. The van der Waals surface area contributed by atoms with Crippen LogP contribution in [0.25, 0.3) is 5.69 Å². The van der Waals surface area contributed by atoms with Gasteiger partial charge in [-0.2, -0.15) is 0 Å². The van der Waals surface area contributed by atoms with E-state index in [4.69, 9.17) is 9.47 Å². The van der Waals surface area contributed by atoms with Crippen molar-refractivity contribution in [2.24, 2.45) is 0 Å². The number of aryl methyl sites for hydroxylation is 1. The van der Waals surface area contributed by atoms with Crippen LogP contribution in [0.15, 0.2) is 53.7 Å². The Morgan fingerprint density at radius 2 is 1.93 bits per heavy atom. The van der Waals surface area contributed by atoms with Gasteiger partial charge in [0.2, 0.25) is 5.91 Å². The van der Waals surface area contributed by atoms with Gasteiger partial charge in [0.05, 0.1) is 31.1 Å². The molecule has 0 spiro atoms. The minimum atomic E-state index is -0.644. The van der Waals surface area contributed by atoms with Gasteiger partial charge in [0, 0.05) is 16.1 Å². The Bertz CT molecular complexity index is 1650. The van der Waals surface area contributed by atoms with Crippen LogP contribution in [0.5, 0.6) is 5.75 Å². The zero-order chi connectivity index (χ0) is 30.5. The molecule has 0 saturated carbocycles. The van der Waals surface area contributed by atoms with Crippen molar-refractivity contribution < 1.29 is 28.2 Å². The van der Waals surface area contributed by atoms with Gasteiger partial charge in [-0.1, -0.05) is 17.8 Å². The second-order valence-corrected chi connectivity index (χ2v) is 12.1. The molecule has 224 valence electrons. The number of benzene rings is 2. The van der Waals surface area contributed by atoms with E-state index in [1.54, 1.807) is 54.8 Å². The summed E-state index contributed by atoms with van der Waals surface area (Å²) in [5.74, 6) is -0.570. The van der Waals surface area contributed by atoms with E-state index < -0.39 is 17.0 Å². The van der Waals surface area contributed by atoms with Crippen LogP contribution in [-0.2, 0) is 28.9 Å². The lowest BCUT2D eigenvalue weighted by Gasteiger charge is -2.14. The number of halogens is 1. The number of rotatable bonds is 11. The Kier molecular flexibility index (Phi) is 9.41. The van der Waals surface area contributed by atoms with Crippen molar-refractivity contribution in [3.8, 4) is 11.4 Å². The highest BCUT2D eigenvalue weighted by atomic mass is 32.2. The largest absolute Gasteiger partial charge is 0.497 e. The van der Waals surface area contributed by atoms with E-state index in [1.165, 1.54) is 30.6 Å². The summed E-state index contributed by atoms with van der Waals surface area (Å²) < 4.78 is 25.9. The van der Waals surface area contributed by atoms with Crippen molar-refractivity contribution in [3.05, 3.63) is 81.7 Å². The maximum Gasteiger partial charge on any atom is 0.341 e. The van der Waals surface area contributed by atoms with Crippen LogP contribution in [-0.4, -0.2) is 51.5 Å². The molecule has 4 aromatic rings. The number of anilines is 1. The lowest BCUT2D eigenvalue weighted by atomic mass is 10.1. The van der Waals surface area contributed by atoms with E-state index in [9.17, 15) is 18.8 Å². The molecule has 0 unspecified atom stereocenters. The third kappa shape index (κ3) is 6.73. The van der Waals surface area contributed by atoms with Gasteiger partial charge in [-0.25, -0.2) is 9.18 Å². The number of hydrogen-bond donors (Lipinski definition) is 2. The molecular formula is C30H30FN5O5S2. The summed E-state index contributed by atoms with van der Waals surface area (Å²) in [6, 6.07) is 12.5. The zero-order valence-electron chi connectivity index (χ0n) is 23.8. The van der Waals surface area contributed by atoms with E-state index in [-0.39, 0.29) is 25.0 Å². The van der Waals surface area contributed by atoms with Crippen molar-refractivity contribution in [2.75, 3.05) is 19.0 Å². The van der Waals surface area contributed by atoms with Gasteiger partial charge in [-0.15, -0.1) is 21.5 Å². The fraction of sp³-hybridized carbons (Fsp3) is 0.300. The summed E-state index contributed by atoms with van der Waals surface area (Å²) in [5, 5.41) is 14.5. The maximum atomic E-state index is 13.8.